The van der Waals surface area contributed by atoms with Gasteiger partial charge in [0.2, 0.25) is 0 Å². The van der Waals surface area contributed by atoms with Gasteiger partial charge < -0.3 is 15.3 Å². The Bertz CT molecular complexity index is 645. The van der Waals surface area contributed by atoms with Gasteiger partial charge in [-0.3, -0.25) is 4.79 Å². The van der Waals surface area contributed by atoms with Crippen LogP contribution in [0.25, 0.3) is 0 Å². The van der Waals surface area contributed by atoms with Crippen molar-refractivity contribution in [2.75, 3.05) is 0 Å². The largest absolute Gasteiger partial charge is 0.481 e. The second-order valence-electron chi connectivity index (χ2n) is 12.1. The zero-order valence-corrected chi connectivity index (χ0v) is 18.9. The lowest BCUT2D eigenvalue weighted by molar-refractivity contribution is -0.212. The Morgan fingerprint density at radius 2 is 1.69 bits per heavy atom. The normalized spacial score (nSPS) is 52.9. The average molecular weight is 407 g/mol. The molecule has 0 aromatic rings. The average Bonchev–Trinajstić information content (AvgIpc) is 2.98. The van der Waals surface area contributed by atoms with Gasteiger partial charge in [0.1, 0.15) is 0 Å². The van der Waals surface area contributed by atoms with Crippen LogP contribution in [0.1, 0.15) is 91.9 Å². The Balaban J connectivity index is 1.60. The van der Waals surface area contributed by atoms with Crippen molar-refractivity contribution in [1.29, 1.82) is 0 Å². The Labute approximate surface area is 176 Å². The summed E-state index contributed by atoms with van der Waals surface area (Å²) in [7, 11) is 0. The molecule has 0 saturated heterocycles. The first-order valence-corrected chi connectivity index (χ1v) is 12.1. The third-order valence-corrected chi connectivity index (χ3v) is 10.6. The van der Waals surface area contributed by atoms with Crippen LogP contribution in [0.4, 0.5) is 0 Å². The molecule has 4 rings (SSSR count). The molecule has 166 valence electrons. The van der Waals surface area contributed by atoms with Gasteiger partial charge in [0.25, 0.3) is 0 Å². The lowest BCUT2D eigenvalue weighted by Crippen LogP contribution is -2.62. The summed E-state index contributed by atoms with van der Waals surface area (Å²) >= 11 is 0. The van der Waals surface area contributed by atoms with Gasteiger partial charge in [-0.25, -0.2) is 0 Å². The molecule has 0 spiro atoms. The molecule has 10 atom stereocenters. The van der Waals surface area contributed by atoms with Crippen LogP contribution >= 0.6 is 0 Å². The van der Waals surface area contributed by atoms with E-state index in [0.717, 1.165) is 32.1 Å². The van der Waals surface area contributed by atoms with Crippen LogP contribution in [0.3, 0.4) is 0 Å². The SMILES string of the molecule is CC(CCC(=O)O)C1CCC2C3C(CCC12C)C1(C)CC[C@@H](O)CC1CC3(C)O. The first-order chi connectivity index (χ1) is 13.5. The van der Waals surface area contributed by atoms with E-state index in [1.165, 1.54) is 25.7 Å². The number of rotatable bonds is 4. The third kappa shape index (κ3) is 3.37. The number of carboxylic acids is 1. The predicted molar refractivity (Wildman–Crippen MR) is 113 cm³/mol. The number of aliphatic hydroxyl groups excluding tert-OH is 1. The van der Waals surface area contributed by atoms with Crippen molar-refractivity contribution in [3.63, 3.8) is 0 Å². The lowest BCUT2D eigenvalue weighted by atomic mass is 9.41. The molecular formula is C25H42O4. The molecule has 4 saturated carbocycles. The Morgan fingerprint density at radius 1 is 1.03 bits per heavy atom. The number of hydrogen-bond donors (Lipinski definition) is 3. The maximum atomic E-state index is 11.7. The monoisotopic (exact) mass is 406 g/mol. The minimum atomic E-state index is -0.686. The molecular weight excluding hydrogens is 364 g/mol. The predicted octanol–water partition coefficient (Wildman–Crippen LogP) is 4.87. The molecule has 0 aliphatic heterocycles. The summed E-state index contributed by atoms with van der Waals surface area (Å²) in [6, 6.07) is 0. The number of aliphatic hydroxyl groups is 2. The van der Waals surface area contributed by atoms with Gasteiger partial charge in [-0.2, -0.15) is 0 Å². The van der Waals surface area contributed by atoms with Crippen molar-refractivity contribution in [3.8, 4) is 0 Å². The van der Waals surface area contributed by atoms with Gasteiger partial charge in [-0.05, 0) is 111 Å². The van der Waals surface area contributed by atoms with Crippen LogP contribution in [-0.4, -0.2) is 33.0 Å². The highest BCUT2D eigenvalue weighted by Gasteiger charge is 2.65. The molecule has 0 aromatic carbocycles. The maximum absolute atomic E-state index is 11.7. The highest BCUT2D eigenvalue weighted by atomic mass is 16.4. The topological polar surface area (TPSA) is 77.8 Å². The van der Waals surface area contributed by atoms with E-state index >= 15 is 0 Å². The van der Waals surface area contributed by atoms with E-state index in [1.807, 2.05) is 0 Å². The zero-order chi connectivity index (χ0) is 21.2. The highest BCUT2D eigenvalue weighted by Crippen LogP contribution is 2.70. The van der Waals surface area contributed by atoms with Gasteiger partial charge >= 0.3 is 5.97 Å². The van der Waals surface area contributed by atoms with E-state index < -0.39 is 11.6 Å². The summed E-state index contributed by atoms with van der Waals surface area (Å²) in [4.78, 5) is 11.1. The number of carboxylic acid groups (broad SMARTS) is 1. The molecule has 0 amide bonds. The molecule has 29 heavy (non-hydrogen) atoms. The summed E-state index contributed by atoms with van der Waals surface area (Å²) < 4.78 is 0. The molecule has 0 aromatic heterocycles. The Kier molecular flexibility index (Phi) is 5.38. The van der Waals surface area contributed by atoms with Crippen LogP contribution in [0.2, 0.25) is 0 Å². The zero-order valence-electron chi connectivity index (χ0n) is 18.9. The lowest BCUT2D eigenvalue weighted by Gasteiger charge is -2.65. The first kappa shape index (κ1) is 21.6. The van der Waals surface area contributed by atoms with Gasteiger partial charge in [-0.1, -0.05) is 20.8 Å². The fourth-order valence-electron chi connectivity index (χ4n) is 9.11. The van der Waals surface area contributed by atoms with Gasteiger partial charge in [-0.15, -0.1) is 0 Å². The summed E-state index contributed by atoms with van der Waals surface area (Å²) in [5, 5.41) is 31.1. The standard InChI is InChI=1S/C25H42O4/c1-15(5-8-21(27)28)18-6-7-19-22-20(10-12-24(18,19)3)23(2)11-9-17(26)13-16(23)14-25(22,4)29/h15-20,22,26,29H,5-14H2,1-4H3,(H,27,28)/t15?,16?,17-,18?,19?,20?,22?,23?,24?,25?/m1/s1. The smallest absolute Gasteiger partial charge is 0.303 e. The molecule has 9 unspecified atom stereocenters. The van der Waals surface area contributed by atoms with Crippen LogP contribution < -0.4 is 0 Å². The Morgan fingerprint density at radius 3 is 2.38 bits per heavy atom. The number of aliphatic carboxylic acids is 1. The molecule has 0 bridgehead atoms. The van der Waals surface area contributed by atoms with E-state index in [-0.39, 0.29) is 23.4 Å². The molecule has 4 aliphatic rings. The van der Waals surface area contributed by atoms with Crippen LogP contribution in [-0.2, 0) is 4.79 Å². The molecule has 4 fully saturated rings. The second kappa shape index (κ2) is 7.22. The number of carbonyl (C=O) groups is 1. The Hall–Kier alpha value is -0.610. The van der Waals surface area contributed by atoms with E-state index in [2.05, 4.69) is 27.7 Å². The van der Waals surface area contributed by atoms with E-state index in [0.29, 0.717) is 35.5 Å². The molecule has 4 nitrogen and oxygen atoms in total. The van der Waals surface area contributed by atoms with Crippen LogP contribution in [0, 0.1) is 46.3 Å². The molecule has 0 heterocycles. The van der Waals surface area contributed by atoms with Gasteiger partial charge in [0.15, 0.2) is 0 Å². The van der Waals surface area contributed by atoms with E-state index in [1.54, 1.807) is 0 Å². The molecule has 3 N–H and O–H groups in total. The van der Waals surface area contributed by atoms with E-state index in [9.17, 15) is 15.0 Å². The maximum Gasteiger partial charge on any atom is 0.303 e. The second-order valence-corrected chi connectivity index (χ2v) is 12.1. The fourth-order valence-corrected chi connectivity index (χ4v) is 9.11. The first-order valence-electron chi connectivity index (χ1n) is 12.1. The minimum Gasteiger partial charge on any atom is -0.481 e. The number of fused-ring (bicyclic) bond motifs is 5. The fraction of sp³-hybridized carbons (Fsp3) is 0.960. The van der Waals surface area contributed by atoms with Crippen LogP contribution in [0.15, 0.2) is 0 Å². The summed E-state index contributed by atoms with van der Waals surface area (Å²) in [6.45, 7) is 9.25. The summed E-state index contributed by atoms with van der Waals surface area (Å²) in [5.41, 5.74) is -0.182. The highest BCUT2D eigenvalue weighted by molar-refractivity contribution is 5.66. The minimum absolute atomic E-state index is 0.194. The summed E-state index contributed by atoms with van der Waals surface area (Å²) in [6.07, 6.45) is 9.28. The van der Waals surface area contributed by atoms with Crippen molar-refractivity contribution in [1.82, 2.24) is 0 Å². The van der Waals surface area contributed by atoms with Gasteiger partial charge in [0.05, 0.1) is 11.7 Å². The number of hydrogen-bond acceptors (Lipinski definition) is 3. The van der Waals surface area contributed by atoms with Crippen molar-refractivity contribution < 1.29 is 20.1 Å². The van der Waals surface area contributed by atoms with Crippen molar-refractivity contribution in [2.45, 2.75) is 104 Å². The van der Waals surface area contributed by atoms with Crippen molar-refractivity contribution >= 4 is 5.97 Å². The third-order valence-electron chi connectivity index (χ3n) is 10.6. The van der Waals surface area contributed by atoms with E-state index in [4.69, 9.17) is 5.11 Å². The quantitative estimate of drug-likeness (QED) is 0.622. The molecule has 4 heteroatoms. The summed E-state index contributed by atoms with van der Waals surface area (Å²) in [5.74, 6) is 2.18. The molecule has 4 aliphatic carbocycles. The van der Waals surface area contributed by atoms with Crippen molar-refractivity contribution in [2.24, 2.45) is 46.3 Å². The molecule has 0 radical (unpaired) electrons. The van der Waals surface area contributed by atoms with Crippen LogP contribution in [0.5, 0.6) is 0 Å². The van der Waals surface area contributed by atoms with Gasteiger partial charge in [0, 0.05) is 6.42 Å². The van der Waals surface area contributed by atoms with Crippen molar-refractivity contribution in [3.05, 3.63) is 0 Å².